The average Bonchev–Trinajstić information content (AvgIpc) is 3.09. The number of halogens is 1. The Kier molecular flexibility index (Phi) is 5.36. The second-order valence-electron chi connectivity index (χ2n) is 5.49. The SMILES string of the molecule is COc1ccc(CNC(=O)Cc2cc(-c3ccc(Cl)cc3)on2)cc1. The summed E-state index contributed by atoms with van der Waals surface area (Å²) in [5, 5.41) is 7.46. The van der Waals surface area contributed by atoms with Gasteiger partial charge in [-0.15, -0.1) is 0 Å². The van der Waals surface area contributed by atoms with E-state index in [1.54, 1.807) is 25.3 Å². The maximum Gasteiger partial charge on any atom is 0.226 e. The number of nitrogens with one attached hydrogen (secondary N) is 1. The second kappa shape index (κ2) is 7.85. The molecule has 0 unspecified atom stereocenters. The molecule has 1 aromatic heterocycles. The molecule has 3 aromatic rings. The zero-order valence-corrected chi connectivity index (χ0v) is 14.4. The standard InChI is InChI=1S/C19H17ClN2O3/c1-24-17-8-2-13(3-9-17)12-21-19(23)11-16-10-18(25-22-16)14-4-6-15(20)7-5-14/h2-10H,11-12H2,1H3,(H,21,23). The van der Waals surface area contributed by atoms with Crippen molar-refractivity contribution >= 4 is 17.5 Å². The van der Waals surface area contributed by atoms with Crippen LogP contribution in [0.2, 0.25) is 5.02 Å². The zero-order chi connectivity index (χ0) is 17.6. The van der Waals surface area contributed by atoms with Crippen molar-refractivity contribution in [1.29, 1.82) is 0 Å². The summed E-state index contributed by atoms with van der Waals surface area (Å²) in [6.45, 7) is 0.449. The van der Waals surface area contributed by atoms with Gasteiger partial charge in [-0.1, -0.05) is 28.9 Å². The van der Waals surface area contributed by atoms with Gasteiger partial charge in [0.2, 0.25) is 5.91 Å². The first-order chi connectivity index (χ1) is 12.1. The Labute approximate surface area is 150 Å². The number of hydrogen-bond acceptors (Lipinski definition) is 4. The third-order valence-corrected chi connectivity index (χ3v) is 3.93. The molecular weight excluding hydrogens is 340 g/mol. The Morgan fingerprint density at radius 1 is 1.16 bits per heavy atom. The minimum Gasteiger partial charge on any atom is -0.497 e. The molecule has 0 saturated carbocycles. The van der Waals surface area contributed by atoms with Crippen LogP contribution < -0.4 is 10.1 Å². The summed E-state index contributed by atoms with van der Waals surface area (Å²) in [5.74, 6) is 1.27. The van der Waals surface area contributed by atoms with Gasteiger partial charge in [0.05, 0.1) is 19.2 Å². The number of carbonyl (C=O) groups excluding carboxylic acids is 1. The first kappa shape index (κ1) is 17.0. The number of hydrogen-bond donors (Lipinski definition) is 1. The molecule has 1 N–H and O–H groups in total. The maximum atomic E-state index is 12.1. The van der Waals surface area contributed by atoms with Crippen molar-refractivity contribution in [1.82, 2.24) is 10.5 Å². The van der Waals surface area contributed by atoms with E-state index in [1.165, 1.54) is 0 Å². The average molecular weight is 357 g/mol. The number of aromatic nitrogens is 1. The van der Waals surface area contributed by atoms with Crippen LogP contribution in [0.1, 0.15) is 11.3 Å². The molecule has 0 aliphatic heterocycles. The largest absolute Gasteiger partial charge is 0.497 e. The molecule has 0 fully saturated rings. The fourth-order valence-electron chi connectivity index (χ4n) is 2.32. The number of ether oxygens (including phenoxy) is 1. The third kappa shape index (κ3) is 4.61. The van der Waals surface area contributed by atoms with Gasteiger partial charge in [-0.3, -0.25) is 4.79 Å². The van der Waals surface area contributed by atoms with Crippen molar-refractivity contribution in [3.05, 3.63) is 70.9 Å². The maximum absolute atomic E-state index is 12.1. The van der Waals surface area contributed by atoms with E-state index in [1.807, 2.05) is 36.4 Å². The van der Waals surface area contributed by atoms with E-state index in [0.29, 0.717) is 23.0 Å². The van der Waals surface area contributed by atoms with Gasteiger partial charge >= 0.3 is 0 Å². The summed E-state index contributed by atoms with van der Waals surface area (Å²) in [5.41, 5.74) is 2.44. The molecular formula is C19H17ClN2O3. The van der Waals surface area contributed by atoms with Crippen LogP contribution in [0, 0.1) is 0 Å². The van der Waals surface area contributed by atoms with E-state index >= 15 is 0 Å². The number of methoxy groups -OCH3 is 1. The lowest BCUT2D eigenvalue weighted by Crippen LogP contribution is -2.24. The van der Waals surface area contributed by atoms with Crippen molar-refractivity contribution in [3.8, 4) is 17.1 Å². The van der Waals surface area contributed by atoms with Gasteiger partial charge in [0.1, 0.15) is 5.75 Å². The monoisotopic (exact) mass is 356 g/mol. The Balaban J connectivity index is 1.55. The molecule has 128 valence electrons. The number of rotatable bonds is 6. The van der Waals surface area contributed by atoms with Gasteiger partial charge in [0.25, 0.3) is 0 Å². The minimum atomic E-state index is -0.119. The summed E-state index contributed by atoms with van der Waals surface area (Å²) in [7, 11) is 1.62. The van der Waals surface area contributed by atoms with E-state index in [0.717, 1.165) is 16.9 Å². The highest BCUT2D eigenvalue weighted by atomic mass is 35.5. The molecule has 0 spiro atoms. The van der Waals surface area contributed by atoms with Crippen LogP contribution in [0.4, 0.5) is 0 Å². The van der Waals surface area contributed by atoms with Crippen LogP contribution in [-0.4, -0.2) is 18.2 Å². The predicted molar refractivity (Wildman–Crippen MR) is 95.5 cm³/mol. The number of nitrogens with zero attached hydrogens (tertiary/aromatic N) is 1. The molecule has 0 bridgehead atoms. The molecule has 0 radical (unpaired) electrons. The molecule has 5 nitrogen and oxygen atoms in total. The summed E-state index contributed by atoms with van der Waals surface area (Å²) in [6, 6.07) is 16.5. The molecule has 0 saturated heterocycles. The van der Waals surface area contributed by atoms with Crippen LogP contribution in [0.3, 0.4) is 0 Å². The molecule has 0 atom stereocenters. The van der Waals surface area contributed by atoms with E-state index in [2.05, 4.69) is 10.5 Å². The van der Waals surface area contributed by atoms with E-state index in [-0.39, 0.29) is 12.3 Å². The number of amides is 1. The first-order valence-electron chi connectivity index (χ1n) is 7.75. The Morgan fingerprint density at radius 2 is 1.88 bits per heavy atom. The predicted octanol–water partition coefficient (Wildman–Crippen LogP) is 3.86. The van der Waals surface area contributed by atoms with Crippen LogP contribution in [0.5, 0.6) is 5.75 Å². The van der Waals surface area contributed by atoms with Crippen molar-refractivity contribution in [2.75, 3.05) is 7.11 Å². The highest BCUT2D eigenvalue weighted by Crippen LogP contribution is 2.22. The highest BCUT2D eigenvalue weighted by molar-refractivity contribution is 6.30. The fourth-order valence-corrected chi connectivity index (χ4v) is 2.44. The quantitative estimate of drug-likeness (QED) is 0.728. The number of benzene rings is 2. The third-order valence-electron chi connectivity index (χ3n) is 3.68. The van der Waals surface area contributed by atoms with Gasteiger partial charge in [0, 0.05) is 23.2 Å². The molecule has 0 aliphatic rings. The molecule has 2 aromatic carbocycles. The van der Waals surface area contributed by atoms with Gasteiger partial charge < -0.3 is 14.6 Å². The van der Waals surface area contributed by atoms with Gasteiger partial charge in [0.15, 0.2) is 5.76 Å². The first-order valence-corrected chi connectivity index (χ1v) is 8.13. The summed E-state index contributed by atoms with van der Waals surface area (Å²) in [6.07, 6.45) is 0.160. The summed E-state index contributed by atoms with van der Waals surface area (Å²) in [4.78, 5) is 12.1. The van der Waals surface area contributed by atoms with Crippen molar-refractivity contribution in [3.63, 3.8) is 0 Å². The van der Waals surface area contributed by atoms with Crippen LogP contribution >= 0.6 is 11.6 Å². The molecule has 1 heterocycles. The topological polar surface area (TPSA) is 64.4 Å². The summed E-state index contributed by atoms with van der Waals surface area (Å²) >= 11 is 5.87. The van der Waals surface area contributed by atoms with Gasteiger partial charge in [-0.25, -0.2) is 0 Å². The Hall–Kier alpha value is -2.79. The molecule has 0 aliphatic carbocycles. The lowest BCUT2D eigenvalue weighted by atomic mass is 10.1. The van der Waals surface area contributed by atoms with Crippen LogP contribution in [0.25, 0.3) is 11.3 Å². The molecule has 3 rings (SSSR count). The molecule has 1 amide bonds. The minimum absolute atomic E-state index is 0.119. The highest BCUT2D eigenvalue weighted by Gasteiger charge is 2.10. The van der Waals surface area contributed by atoms with Gasteiger partial charge in [-0.2, -0.15) is 0 Å². The Morgan fingerprint density at radius 3 is 2.56 bits per heavy atom. The van der Waals surface area contributed by atoms with Crippen molar-refractivity contribution in [2.45, 2.75) is 13.0 Å². The van der Waals surface area contributed by atoms with Gasteiger partial charge in [-0.05, 0) is 42.0 Å². The fraction of sp³-hybridized carbons (Fsp3) is 0.158. The summed E-state index contributed by atoms with van der Waals surface area (Å²) < 4.78 is 10.4. The van der Waals surface area contributed by atoms with E-state index in [9.17, 15) is 4.79 Å². The van der Waals surface area contributed by atoms with E-state index < -0.39 is 0 Å². The molecule has 6 heteroatoms. The van der Waals surface area contributed by atoms with Crippen LogP contribution in [-0.2, 0) is 17.8 Å². The lowest BCUT2D eigenvalue weighted by molar-refractivity contribution is -0.120. The second-order valence-corrected chi connectivity index (χ2v) is 5.93. The van der Waals surface area contributed by atoms with Crippen LogP contribution in [0.15, 0.2) is 59.1 Å². The number of carbonyl (C=O) groups is 1. The van der Waals surface area contributed by atoms with Crippen molar-refractivity contribution in [2.24, 2.45) is 0 Å². The Bertz CT molecular complexity index is 842. The molecule has 25 heavy (non-hydrogen) atoms. The van der Waals surface area contributed by atoms with Crippen molar-refractivity contribution < 1.29 is 14.1 Å². The normalized spacial score (nSPS) is 10.5. The smallest absolute Gasteiger partial charge is 0.226 e. The zero-order valence-electron chi connectivity index (χ0n) is 13.7. The lowest BCUT2D eigenvalue weighted by Gasteiger charge is -2.05. The van der Waals surface area contributed by atoms with E-state index in [4.69, 9.17) is 20.9 Å².